The van der Waals surface area contributed by atoms with Crippen molar-refractivity contribution in [3.63, 3.8) is 0 Å². The second-order valence-electron chi connectivity index (χ2n) is 5.09. The lowest BCUT2D eigenvalue weighted by Gasteiger charge is -2.16. The minimum absolute atomic E-state index is 0.147. The van der Waals surface area contributed by atoms with Gasteiger partial charge in [0.2, 0.25) is 0 Å². The summed E-state index contributed by atoms with van der Waals surface area (Å²) in [5.74, 6) is 0.216. The van der Waals surface area contributed by atoms with Crippen LogP contribution < -0.4 is 4.74 Å². The van der Waals surface area contributed by atoms with Crippen LogP contribution in [0.3, 0.4) is 0 Å². The molecule has 2 aromatic rings. The molecule has 2 rings (SSSR count). The predicted molar refractivity (Wildman–Crippen MR) is 86.4 cm³/mol. The molecule has 8 heteroatoms. The summed E-state index contributed by atoms with van der Waals surface area (Å²) in [4.78, 5) is 17.4. The number of hydrogen-bond acceptors (Lipinski definition) is 4. The molecule has 0 saturated carbocycles. The number of hydrogen-bond donors (Lipinski definition) is 0. The lowest BCUT2D eigenvalue weighted by Crippen LogP contribution is -2.30. The molecule has 0 bridgehead atoms. The average Bonchev–Trinajstić information content (AvgIpc) is 3.02. The van der Waals surface area contributed by atoms with E-state index in [1.165, 1.54) is 18.4 Å². The first kappa shape index (κ1) is 18.3. The van der Waals surface area contributed by atoms with Crippen LogP contribution in [0, 0.1) is 0 Å². The van der Waals surface area contributed by atoms with Gasteiger partial charge in [0.25, 0.3) is 5.91 Å². The summed E-state index contributed by atoms with van der Waals surface area (Å²) >= 11 is 1.27. The van der Waals surface area contributed by atoms with Gasteiger partial charge < -0.3 is 9.64 Å². The monoisotopic (exact) mass is 358 g/mol. The Morgan fingerprint density at radius 2 is 1.96 bits per heavy atom. The highest BCUT2D eigenvalue weighted by molar-refractivity contribution is 7.13. The number of halogens is 3. The third-order valence-corrected chi connectivity index (χ3v) is 4.10. The first-order valence-corrected chi connectivity index (χ1v) is 8.19. The van der Waals surface area contributed by atoms with E-state index >= 15 is 0 Å². The molecule has 0 N–H and O–H groups in total. The highest BCUT2D eigenvalue weighted by atomic mass is 32.1. The van der Waals surface area contributed by atoms with E-state index in [-0.39, 0.29) is 5.69 Å². The van der Waals surface area contributed by atoms with Gasteiger partial charge in [-0.3, -0.25) is 4.79 Å². The van der Waals surface area contributed by atoms with Crippen molar-refractivity contribution in [3.05, 3.63) is 35.3 Å². The molecule has 0 spiro atoms. The summed E-state index contributed by atoms with van der Waals surface area (Å²) in [7, 11) is 1.34. The van der Waals surface area contributed by atoms with Crippen molar-refractivity contribution < 1.29 is 22.7 Å². The van der Waals surface area contributed by atoms with E-state index < -0.39 is 25.0 Å². The van der Waals surface area contributed by atoms with Crippen LogP contribution in [0.5, 0.6) is 5.75 Å². The van der Waals surface area contributed by atoms with Gasteiger partial charge in [-0.1, -0.05) is 0 Å². The predicted octanol–water partition coefficient (Wildman–Crippen LogP) is 4.23. The average molecular weight is 358 g/mol. The number of alkyl halides is 3. The summed E-state index contributed by atoms with van der Waals surface area (Å²) in [5, 5.41) is 2.18. The molecule has 130 valence electrons. The zero-order valence-electron chi connectivity index (χ0n) is 13.3. The Morgan fingerprint density at radius 1 is 1.29 bits per heavy atom. The van der Waals surface area contributed by atoms with Crippen molar-refractivity contribution in [2.45, 2.75) is 19.5 Å². The summed E-state index contributed by atoms with van der Waals surface area (Å²) in [6, 6.07) is 7.26. The van der Waals surface area contributed by atoms with E-state index in [1.807, 2.05) is 19.1 Å². The molecular weight excluding hydrogens is 341 g/mol. The smallest absolute Gasteiger partial charge is 0.390 e. The Hall–Kier alpha value is -2.09. The van der Waals surface area contributed by atoms with Gasteiger partial charge in [-0.25, -0.2) is 4.98 Å². The van der Waals surface area contributed by atoms with E-state index in [9.17, 15) is 18.0 Å². The van der Waals surface area contributed by atoms with Crippen molar-refractivity contribution in [2.24, 2.45) is 0 Å². The van der Waals surface area contributed by atoms with Crippen LogP contribution in [-0.4, -0.2) is 42.2 Å². The Kier molecular flexibility index (Phi) is 5.82. The van der Waals surface area contributed by atoms with Crippen LogP contribution in [0.1, 0.15) is 23.8 Å². The van der Waals surface area contributed by atoms with Gasteiger partial charge in [-0.15, -0.1) is 11.3 Å². The Bertz CT molecular complexity index is 683. The number of thiazole rings is 1. The fraction of sp³-hybridized carbons (Fsp3) is 0.375. The molecule has 0 radical (unpaired) electrons. The first-order chi connectivity index (χ1) is 11.3. The van der Waals surface area contributed by atoms with Gasteiger partial charge in [-0.05, 0) is 31.2 Å². The van der Waals surface area contributed by atoms with E-state index in [0.717, 1.165) is 16.2 Å². The maximum absolute atomic E-state index is 12.2. The van der Waals surface area contributed by atoms with E-state index in [0.29, 0.717) is 11.6 Å². The minimum Gasteiger partial charge on any atom is -0.494 e. The molecule has 24 heavy (non-hydrogen) atoms. The summed E-state index contributed by atoms with van der Waals surface area (Å²) in [6.45, 7) is 2.07. The lowest BCUT2D eigenvalue weighted by atomic mass is 10.2. The number of nitrogens with zero attached hydrogens (tertiary/aromatic N) is 2. The maximum atomic E-state index is 12.2. The van der Waals surface area contributed by atoms with Crippen LogP contribution in [0.4, 0.5) is 13.2 Å². The molecule has 0 aliphatic heterocycles. The topological polar surface area (TPSA) is 42.4 Å². The fourth-order valence-corrected chi connectivity index (χ4v) is 2.76. The number of ether oxygens (including phenoxy) is 1. The van der Waals surface area contributed by atoms with Crippen molar-refractivity contribution in [1.29, 1.82) is 0 Å². The SMILES string of the molecule is CCOc1ccc(-c2nc(C(=O)N(C)CCC(F)(F)F)cs2)cc1. The number of amides is 1. The van der Waals surface area contributed by atoms with E-state index in [1.54, 1.807) is 17.5 Å². The maximum Gasteiger partial charge on any atom is 0.390 e. The summed E-state index contributed by atoms with van der Waals surface area (Å²) < 4.78 is 42.1. The molecule has 4 nitrogen and oxygen atoms in total. The summed E-state index contributed by atoms with van der Waals surface area (Å²) in [5.41, 5.74) is 0.967. The number of benzene rings is 1. The first-order valence-electron chi connectivity index (χ1n) is 7.31. The quantitative estimate of drug-likeness (QED) is 0.776. The Labute approximate surface area is 141 Å². The van der Waals surface area contributed by atoms with Gasteiger partial charge >= 0.3 is 6.18 Å². The van der Waals surface area contributed by atoms with Gasteiger partial charge in [-0.2, -0.15) is 13.2 Å². The largest absolute Gasteiger partial charge is 0.494 e. The van der Waals surface area contributed by atoms with Gasteiger partial charge in [0.05, 0.1) is 13.0 Å². The molecule has 0 fully saturated rings. The molecule has 0 aliphatic rings. The van der Waals surface area contributed by atoms with Crippen LogP contribution in [-0.2, 0) is 0 Å². The van der Waals surface area contributed by atoms with Crippen molar-refractivity contribution in [2.75, 3.05) is 20.2 Å². The van der Waals surface area contributed by atoms with E-state index in [2.05, 4.69) is 4.98 Å². The second-order valence-corrected chi connectivity index (χ2v) is 5.95. The van der Waals surface area contributed by atoms with Gasteiger partial charge in [0.1, 0.15) is 16.5 Å². The molecule has 0 saturated heterocycles. The Balaban J connectivity index is 2.05. The molecule has 1 amide bonds. The normalized spacial score (nSPS) is 11.4. The van der Waals surface area contributed by atoms with Gasteiger partial charge in [0.15, 0.2) is 0 Å². The zero-order valence-corrected chi connectivity index (χ0v) is 14.1. The van der Waals surface area contributed by atoms with Crippen LogP contribution in [0.25, 0.3) is 10.6 Å². The third-order valence-electron chi connectivity index (χ3n) is 3.21. The number of carbonyl (C=O) groups is 1. The van der Waals surface area contributed by atoms with Gasteiger partial charge in [0, 0.05) is 24.5 Å². The lowest BCUT2D eigenvalue weighted by molar-refractivity contribution is -0.136. The number of rotatable bonds is 6. The highest BCUT2D eigenvalue weighted by Gasteiger charge is 2.28. The highest BCUT2D eigenvalue weighted by Crippen LogP contribution is 2.26. The molecule has 0 unspecified atom stereocenters. The fourth-order valence-electron chi connectivity index (χ4n) is 1.96. The third kappa shape index (κ3) is 4.95. The van der Waals surface area contributed by atoms with Crippen LogP contribution >= 0.6 is 11.3 Å². The standard InChI is InChI=1S/C16H17F3N2O2S/c1-3-23-12-6-4-11(5-7-12)14-20-13(10-24-14)15(22)21(2)9-8-16(17,18)19/h4-7,10H,3,8-9H2,1-2H3. The molecular formula is C16H17F3N2O2S. The van der Waals surface area contributed by atoms with Crippen LogP contribution in [0.15, 0.2) is 29.6 Å². The van der Waals surface area contributed by atoms with Crippen molar-refractivity contribution in [3.8, 4) is 16.3 Å². The molecule has 1 aromatic carbocycles. The van der Waals surface area contributed by atoms with Crippen molar-refractivity contribution >= 4 is 17.2 Å². The molecule has 1 aromatic heterocycles. The Morgan fingerprint density at radius 3 is 2.54 bits per heavy atom. The minimum atomic E-state index is -4.29. The van der Waals surface area contributed by atoms with Crippen LogP contribution in [0.2, 0.25) is 0 Å². The molecule has 0 aliphatic carbocycles. The van der Waals surface area contributed by atoms with Crippen molar-refractivity contribution in [1.82, 2.24) is 9.88 Å². The second kappa shape index (κ2) is 7.65. The van der Waals surface area contributed by atoms with E-state index in [4.69, 9.17) is 4.74 Å². The molecule has 1 heterocycles. The molecule has 0 atom stereocenters. The number of carbonyl (C=O) groups excluding carboxylic acids is 1. The summed E-state index contributed by atoms with van der Waals surface area (Å²) in [6.07, 6.45) is -5.32. The zero-order chi connectivity index (χ0) is 17.7. The number of aromatic nitrogens is 1.